The van der Waals surface area contributed by atoms with Gasteiger partial charge in [-0.15, -0.1) is 0 Å². The van der Waals surface area contributed by atoms with Crippen molar-refractivity contribution < 1.29 is 0 Å². The van der Waals surface area contributed by atoms with Crippen molar-refractivity contribution in [1.82, 2.24) is 19.7 Å². The minimum Gasteiger partial charge on any atom is -0.347 e. The van der Waals surface area contributed by atoms with Gasteiger partial charge in [-0.2, -0.15) is 5.10 Å². The van der Waals surface area contributed by atoms with E-state index in [9.17, 15) is 0 Å². The molecule has 0 amide bonds. The highest BCUT2D eigenvalue weighted by Gasteiger charge is 2.10. The van der Waals surface area contributed by atoms with Crippen LogP contribution in [-0.2, 0) is 13.5 Å². The van der Waals surface area contributed by atoms with E-state index in [1.165, 1.54) is 0 Å². The molecule has 2 heterocycles. The summed E-state index contributed by atoms with van der Waals surface area (Å²) in [5.41, 5.74) is 1.01. The third kappa shape index (κ3) is 2.35. The first kappa shape index (κ1) is 11.4. The molecule has 16 heavy (non-hydrogen) atoms. The first-order valence-electron chi connectivity index (χ1n) is 5.29. The molecule has 0 saturated carbocycles. The van der Waals surface area contributed by atoms with Gasteiger partial charge in [0.05, 0.1) is 5.69 Å². The van der Waals surface area contributed by atoms with E-state index in [-0.39, 0.29) is 0 Å². The van der Waals surface area contributed by atoms with E-state index in [2.05, 4.69) is 45.0 Å². The van der Waals surface area contributed by atoms with Gasteiger partial charge in [0, 0.05) is 24.1 Å². The Morgan fingerprint density at radius 2 is 2.25 bits per heavy atom. The van der Waals surface area contributed by atoms with Gasteiger partial charge in [0.15, 0.2) is 5.82 Å². The third-order valence-electron chi connectivity index (χ3n) is 2.33. The molecule has 0 unspecified atom stereocenters. The second-order valence-corrected chi connectivity index (χ2v) is 5.27. The van der Waals surface area contributed by atoms with E-state index in [0.717, 1.165) is 28.2 Å². The van der Waals surface area contributed by atoms with E-state index >= 15 is 0 Å². The van der Waals surface area contributed by atoms with Gasteiger partial charge < -0.3 is 4.57 Å². The van der Waals surface area contributed by atoms with Crippen LogP contribution in [0.4, 0.5) is 0 Å². The monoisotopic (exact) mass is 282 g/mol. The first-order valence-corrected chi connectivity index (χ1v) is 6.09. The van der Waals surface area contributed by atoms with Crippen molar-refractivity contribution in [3.05, 3.63) is 22.6 Å². The molecule has 0 atom stereocenters. The second-order valence-electron chi connectivity index (χ2n) is 4.36. The molecular weight excluding hydrogens is 268 g/mol. The normalized spacial score (nSPS) is 11.3. The summed E-state index contributed by atoms with van der Waals surface area (Å²) in [6.07, 6.45) is 2.92. The summed E-state index contributed by atoms with van der Waals surface area (Å²) in [5, 5.41) is 7.22. The maximum absolute atomic E-state index is 4.49. The lowest BCUT2D eigenvalue weighted by Crippen LogP contribution is -1.96. The highest BCUT2D eigenvalue weighted by atomic mass is 79.9. The lowest BCUT2D eigenvalue weighted by molar-refractivity contribution is 0.622. The van der Waals surface area contributed by atoms with Crippen LogP contribution in [0.2, 0.25) is 0 Å². The van der Waals surface area contributed by atoms with E-state index < -0.39 is 0 Å². The molecule has 0 aliphatic rings. The summed E-state index contributed by atoms with van der Waals surface area (Å²) in [6, 6.07) is 2.02. The smallest absolute Gasteiger partial charge is 0.197 e. The zero-order valence-corrected chi connectivity index (χ0v) is 11.2. The van der Waals surface area contributed by atoms with Crippen molar-refractivity contribution in [2.75, 3.05) is 0 Å². The molecule has 2 aromatic rings. The Kier molecular flexibility index (Phi) is 3.14. The number of aromatic amines is 1. The first-order chi connectivity index (χ1) is 7.56. The molecule has 5 heteroatoms. The van der Waals surface area contributed by atoms with Gasteiger partial charge in [-0.25, -0.2) is 4.98 Å². The summed E-state index contributed by atoms with van der Waals surface area (Å²) >= 11 is 3.44. The Hall–Kier alpha value is -1.10. The standard InChI is InChI=1S/C11H15BrN4/c1-7(2)4-10-13-11(15-14-10)9-5-8(12)6-16(9)3/h5-7H,4H2,1-3H3,(H,13,14,15). The zero-order chi connectivity index (χ0) is 11.7. The molecule has 0 saturated heterocycles. The number of aryl methyl sites for hydroxylation is 1. The predicted octanol–water partition coefficient (Wildman–Crippen LogP) is 2.77. The zero-order valence-electron chi connectivity index (χ0n) is 9.66. The molecule has 0 spiro atoms. The van der Waals surface area contributed by atoms with Crippen molar-refractivity contribution in [3.63, 3.8) is 0 Å². The Morgan fingerprint density at radius 3 is 2.81 bits per heavy atom. The minimum atomic E-state index is 0.584. The summed E-state index contributed by atoms with van der Waals surface area (Å²) < 4.78 is 3.05. The predicted molar refractivity (Wildman–Crippen MR) is 67.0 cm³/mol. The van der Waals surface area contributed by atoms with Gasteiger partial charge in [-0.1, -0.05) is 13.8 Å². The fourth-order valence-corrected chi connectivity index (χ4v) is 2.16. The molecule has 0 fully saturated rings. The average Bonchev–Trinajstić information content (AvgIpc) is 2.72. The molecule has 1 N–H and O–H groups in total. The molecule has 0 aromatic carbocycles. The van der Waals surface area contributed by atoms with Crippen molar-refractivity contribution in [2.45, 2.75) is 20.3 Å². The van der Waals surface area contributed by atoms with E-state index in [4.69, 9.17) is 0 Å². The highest BCUT2D eigenvalue weighted by Crippen LogP contribution is 2.21. The van der Waals surface area contributed by atoms with Crippen molar-refractivity contribution >= 4 is 15.9 Å². The molecule has 0 bridgehead atoms. The summed E-state index contributed by atoms with van der Waals surface area (Å²) in [4.78, 5) is 4.49. The van der Waals surface area contributed by atoms with Crippen LogP contribution >= 0.6 is 15.9 Å². The molecule has 86 valence electrons. The molecule has 2 rings (SSSR count). The van der Waals surface area contributed by atoms with Gasteiger partial charge in [-0.05, 0) is 27.9 Å². The lowest BCUT2D eigenvalue weighted by Gasteiger charge is -1.98. The number of nitrogens with one attached hydrogen (secondary N) is 1. The number of rotatable bonds is 3. The maximum atomic E-state index is 4.49. The van der Waals surface area contributed by atoms with Gasteiger partial charge in [0.1, 0.15) is 5.82 Å². The van der Waals surface area contributed by atoms with Gasteiger partial charge >= 0.3 is 0 Å². The van der Waals surface area contributed by atoms with Crippen molar-refractivity contribution in [1.29, 1.82) is 0 Å². The van der Waals surface area contributed by atoms with Gasteiger partial charge in [-0.3, -0.25) is 5.10 Å². The summed E-state index contributed by atoms with van der Waals surface area (Å²) in [7, 11) is 1.98. The van der Waals surface area contributed by atoms with Crippen LogP contribution in [0.3, 0.4) is 0 Å². The molecule has 0 radical (unpaired) electrons. The topological polar surface area (TPSA) is 46.5 Å². The van der Waals surface area contributed by atoms with Crippen LogP contribution in [0.1, 0.15) is 19.7 Å². The average molecular weight is 283 g/mol. The fraction of sp³-hybridized carbons (Fsp3) is 0.455. The van der Waals surface area contributed by atoms with Crippen molar-refractivity contribution in [3.8, 4) is 11.5 Å². The quantitative estimate of drug-likeness (QED) is 0.941. The Labute approximate surface area is 103 Å². The van der Waals surface area contributed by atoms with Crippen LogP contribution in [0.15, 0.2) is 16.7 Å². The Morgan fingerprint density at radius 1 is 1.50 bits per heavy atom. The SMILES string of the molecule is CC(C)Cc1nc(-c2cc(Br)cn2C)n[nH]1. The van der Waals surface area contributed by atoms with E-state index in [1.54, 1.807) is 0 Å². The summed E-state index contributed by atoms with van der Waals surface area (Å²) in [5.74, 6) is 2.28. The minimum absolute atomic E-state index is 0.584. The molecule has 0 aliphatic heterocycles. The van der Waals surface area contributed by atoms with Crippen LogP contribution in [0, 0.1) is 5.92 Å². The van der Waals surface area contributed by atoms with Crippen LogP contribution in [0.5, 0.6) is 0 Å². The number of hydrogen-bond donors (Lipinski definition) is 1. The largest absolute Gasteiger partial charge is 0.347 e. The van der Waals surface area contributed by atoms with Crippen LogP contribution in [0.25, 0.3) is 11.5 Å². The number of aromatic nitrogens is 4. The van der Waals surface area contributed by atoms with Crippen LogP contribution in [-0.4, -0.2) is 19.7 Å². The van der Waals surface area contributed by atoms with Gasteiger partial charge in [0.2, 0.25) is 0 Å². The van der Waals surface area contributed by atoms with E-state index in [0.29, 0.717) is 5.92 Å². The molecule has 2 aromatic heterocycles. The third-order valence-corrected chi connectivity index (χ3v) is 2.77. The van der Waals surface area contributed by atoms with Crippen molar-refractivity contribution in [2.24, 2.45) is 13.0 Å². The fourth-order valence-electron chi connectivity index (χ4n) is 1.63. The Balaban J connectivity index is 2.28. The maximum Gasteiger partial charge on any atom is 0.197 e. The number of H-pyrrole nitrogens is 1. The molecule has 0 aliphatic carbocycles. The Bertz CT molecular complexity index is 484. The van der Waals surface area contributed by atoms with E-state index in [1.807, 2.05) is 23.9 Å². The summed E-state index contributed by atoms with van der Waals surface area (Å²) in [6.45, 7) is 4.34. The number of halogens is 1. The second kappa shape index (κ2) is 4.41. The molecular formula is C11H15BrN4. The van der Waals surface area contributed by atoms with Crippen LogP contribution < -0.4 is 0 Å². The number of nitrogens with zero attached hydrogens (tertiary/aromatic N) is 3. The van der Waals surface area contributed by atoms with Gasteiger partial charge in [0.25, 0.3) is 0 Å². The lowest BCUT2D eigenvalue weighted by atomic mass is 10.1. The highest BCUT2D eigenvalue weighted by molar-refractivity contribution is 9.10. The number of hydrogen-bond acceptors (Lipinski definition) is 2. The molecule has 4 nitrogen and oxygen atoms in total.